The Labute approximate surface area is 74.2 Å². The lowest BCUT2D eigenvalue weighted by Crippen LogP contribution is -2.12. The third kappa shape index (κ3) is 2.65. The van der Waals surface area contributed by atoms with Crippen LogP contribution in [0.5, 0.6) is 0 Å². The first-order valence-corrected chi connectivity index (χ1v) is 4.59. The lowest BCUT2D eigenvalue weighted by molar-refractivity contribution is -0.117. The number of rotatable bonds is 3. The van der Waals surface area contributed by atoms with Crippen LogP contribution in [0.25, 0.3) is 0 Å². The zero-order chi connectivity index (χ0) is 8.97. The Bertz CT molecular complexity index is 211. The van der Waals surface area contributed by atoms with E-state index < -0.39 is 0 Å². The van der Waals surface area contributed by atoms with Crippen molar-refractivity contribution in [1.29, 1.82) is 0 Å². The molecule has 0 amide bonds. The number of carbonyl (C=O) groups is 1. The van der Waals surface area contributed by atoms with Crippen molar-refractivity contribution in [3.05, 3.63) is 24.3 Å². The van der Waals surface area contributed by atoms with Crippen LogP contribution >= 0.6 is 0 Å². The fourth-order valence-corrected chi connectivity index (χ4v) is 1.32. The number of ketones is 1. The summed E-state index contributed by atoms with van der Waals surface area (Å²) in [5.74, 6) is 1.10. The maximum atomic E-state index is 11.3. The first-order valence-electron chi connectivity index (χ1n) is 4.59. The molecule has 0 aromatic rings. The fourth-order valence-electron chi connectivity index (χ4n) is 1.32. The topological polar surface area (TPSA) is 17.1 Å². The predicted molar refractivity (Wildman–Crippen MR) is 50.8 cm³/mol. The van der Waals surface area contributed by atoms with Crippen LogP contribution in [0.2, 0.25) is 0 Å². The molecular formula is C11H16O. The van der Waals surface area contributed by atoms with Gasteiger partial charge in [-0.3, -0.25) is 4.79 Å². The van der Waals surface area contributed by atoms with E-state index >= 15 is 0 Å². The summed E-state index contributed by atoms with van der Waals surface area (Å²) in [5, 5.41) is 0. The van der Waals surface area contributed by atoms with Crippen LogP contribution in [-0.4, -0.2) is 5.78 Å². The second-order valence-electron chi connectivity index (χ2n) is 3.72. The van der Waals surface area contributed by atoms with Gasteiger partial charge in [-0.25, -0.2) is 0 Å². The summed E-state index contributed by atoms with van der Waals surface area (Å²) in [4.78, 5) is 11.3. The molecule has 0 aromatic carbocycles. The molecule has 1 aliphatic carbocycles. The van der Waals surface area contributed by atoms with Crippen LogP contribution in [0.3, 0.4) is 0 Å². The van der Waals surface area contributed by atoms with Gasteiger partial charge in [0.2, 0.25) is 0 Å². The highest BCUT2D eigenvalue weighted by Gasteiger charge is 2.14. The van der Waals surface area contributed by atoms with Crippen LogP contribution in [0, 0.1) is 11.8 Å². The van der Waals surface area contributed by atoms with Crippen molar-refractivity contribution in [2.24, 2.45) is 11.8 Å². The van der Waals surface area contributed by atoms with Gasteiger partial charge in [0.1, 0.15) is 0 Å². The van der Waals surface area contributed by atoms with Crippen LogP contribution < -0.4 is 0 Å². The molecule has 12 heavy (non-hydrogen) atoms. The van der Waals surface area contributed by atoms with Crippen molar-refractivity contribution in [1.82, 2.24) is 0 Å². The molecule has 0 saturated heterocycles. The standard InChI is InChI=1S/C11H16O/c1-9(2)7-8-10-5-3-4-6-11(10)12/h3-6,9-10H,7-8H2,1-2H3. The van der Waals surface area contributed by atoms with Crippen LogP contribution in [-0.2, 0) is 4.79 Å². The molecule has 0 radical (unpaired) electrons. The molecule has 1 heteroatoms. The van der Waals surface area contributed by atoms with Gasteiger partial charge in [0.15, 0.2) is 5.78 Å². The Morgan fingerprint density at radius 2 is 2.17 bits per heavy atom. The van der Waals surface area contributed by atoms with Crippen molar-refractivity contribution in [3.8, 4) is 0 Å². The lowest BCUT2D eigenvalue weighted by atomic mass is 9.91. The van der Waals surface area contributed by atoms with Gasteiger partial charge in [-0.05, 0) is 24.8 Å². The van der Waals surface area contributed by atoms with Gasteiger partial charge >= 0.3 is 0 Å². The number of carbonyl (C=O) groups excluding carboxylic acids is 1. The fraction of sp³-hybridized carbons (Fsp3) is 0.545. The Hall–Kier alpha value is -0.850. The Morgan fingerprint density at radius 3 is 2.75 bits per heavy atom. The third-order valence-corrected chi connectivity index (χ3v) is 2.14. The molecule has 1 unspecified atom stereocenters. The number of hydrogen-bond acceptors (Lipinski definition) is 1. The van der Waals surface area contributed by atoms with Gasteiger partial charge in [-0.2, -0.15) is 0 Å². The smallest absolute Gasteiger partial charge is 0.162 e. The van der Waals surface area contributed by atoms with Gasteiger partial charge in [0, 0.05) is 5.92 Å². The molecule has 0 heterocycles. The van der Waals surface area contributed by atoms with Gasteiger partial charge in [0.25, 0.3) is 0 Å². The normalized spacial score (nSPS) is 22.2. The van der Waals surface area contributed by atoms with Crippen LogP contribution in [0.15, 0.2) is 24.3 Å². The third-order valence-electron chi connectivity index (χ3n) is 2.14. The number of hydrogen-bond donors (Lipinski definition) is 0. The van der Waals surface area contributed by atoms with Crippen molar-refractivity contribution < 1.29 is 4.79 Å². The lowest BCUT2D eigenvalue weighted by Gasteiger charge is -2.12. The molecule has 0 bridgehead atoms. The molecule has 1 rings (SSSR count). The molecule has 0 saturated carbocycles. The molecule has 1 aliphatic rings. The molecular weight excluding hydrogens is 148 g/mol. The van der Waals surface area contributed by atoms with E-state index in [9.17, 15) is 4.79 Å². The summed E-state index contributed by atoms with van der Waals surface area (Å²) in [7, 11) is 0. The highest BCUT2D eigenvalue weighted by atomic mass is 16.1. The van der Waals surface area contributed by atoms with Gasteiger partial charge in [0.05, 0.1) is 0 Å². The van der Waals surface area contributed by atoms with Crippen LogP contribution in [0.1, 0.15) is 26.7 Å². The quantitative estimate of drug-likeness (QED) is 0.626. The van der Waals surface area contributed by atoms with E-state index in [4.69, 9.17) is 0 Å². The first kappa shape index (κ1) is 9.24. The van der Waals surface area contributed by atoms with E-state index in [-0.39, 0.29) is 11.7 Å². The molecule has 1 nitrogen and oxygen atoms in total. The SMILES string of the molecule is CC(C)CCC1C=CC=CC1=O. The molecule has 0 fully saturated rings. The molecule has 0 aromatic heterocycles. The summed E-state index contributed by atoms with van der Waals surface area (Å²) in [6.45, 7) is 4.37. The highest BCUT2D eigenvalue weighted by Crippen LogP contribution is 2.17. The van der Waals surface area contributed by atoms with E-state index in [0.29, 0.717) is 5.92 Å². The second-order valence-corrected chi connectivity index (χ2v) is 3.72. The van der Waals surface area contributed by atoms with Crippen molar-refractivity contribution >= 4 is 5.78 Å². The van der Waals surface area contributed by atoms with Crippen molar-refractivity contribution in [2.45, 2.75) is 26.7 Å². The van der Waals surface area contributed by atoms with E-state index in [1.54, 1.807) is 6.08 Å². The van der Waals surface area contributed by atoms with Gasteiger partial charge in [-0.15, -0.1) is 0 Å². The van der Waals surface area contributed by atoms with Crippen molar-refractivity contribution in [3.63, 3.8) is 0 Å². The Kier molecular flexibility index (Phi) is 3.27. The highest BCUT2D eigenvalue weighted by molar-refractivity contribution is 5.94. The van der Waals surface area contributed by atoms with Crippen molar-refractivity contribution in [2.75, 3.05) is 0 Å². The molecule has 0 aliphatic heterocycles. The van der Waals surface area contributed by atoms with E-state index in [2.05, 4.69) is 13.8 Å². The summed E-state index contributed by atoms with van der Waals surface area (Å²) >= 11 is 0. The zero-order valence-corrected chi connectivity index (χ0v) is 7.79. The second kappa shape index (κ2) is 4.24. The number of allylic oxidation sites excluding steroid dienone is 4. The first-order chi connectivity index (χ1) is 5.70. The average Bonchev–Trinajstić information content (AvgIpc) is 2.03. The molecule has 66 valence electrons. The zero-order valence-electron chi connectivity index (χ0n) is 7.79. The van der Waals surface area contributed by atoms with Gasteiger partial charge in [-0.1, -0.05) is 32.1 Å². The van der Waals surface area contributed by atoms with Gasteiger partial charge < -0.3 is 0 Å². The summed E-state index contributed by atoms with van der Waals surface area (Å²) in [6, 6.07) is 0. The van der Waals surface area contributed by atoms with E-state index in [1.807, 2.05) is 18.2 Å². The summed E-state index contributed by atoms with van der Waals surface area (Å²) < 4.78 is 0. The predicted octanol–water partition coefficient (Wildman–Crippen LogP) is 2.73. The molecule has 1 atom stereocenters. The molecule has 0 N–H and O–H groups in total. The minimum absolute atomic E-state index is 0.150. The summed E-state index contributed by atoms with van der Waals surface area (Å²) in [6.07, 6.45) is 9.59. The minimum Gasteiger partial charge on any atom is -0.294 e. The average molecular weight is 164 g/mol. The maximum Gasteiger partial charge on any atom is 0.162 e. The monoisotopic (exact) mass is 164 g/mol. The van der Waals surface area contributed by atoms with E-state index in [0.717, 1.165) is 12.8 Å². The largest absolute Gasteiger partial charge is 0.294 e. The summed E-state index contributed by atoms with van der Waals surface area (Å²) in [5.41, 5.74) is 0. The maximum absolute atomic E-state index is 11.3. The molecule has 0 spiro atoms. The van der Waals surface area contributed by atoms with E-state index in [1.165, 1.54) is 0 Å². The minimum atomic E-state index is 0.150. The van der Waals surface area contributed by atoms with Crippen LogP contribution in [0.4, 0.5) is 0 Å². The Morgan fingerprint density at radius 1 is 1.42 bits per heavy atom. The Balaban J connectivity index is 2.37.